The van der Waals surface area contributed by atoms with Crippen LogP contribution in [-0.4, -0.2) is 21.4 Å². The van der Waals surface area contributed by atoms with Crippen molar-refractivity contribution < 1.29 is 0 Å². The lowest BCUT2D eigenvalue weighted by Gasteiger charge is -2.27. The highest BCUT2D eigenvalue weighted by Crippen LogP contribution is 2.31. The maximum atomic E-state index is 12.7. The summed E-state index contributed by atoms with van der Waals surface area (Å²) in [5.74, 6) is 0.663. The van der Waals surface area contributed by atoms with Crippen LogP contribution in [0.1, 0.15) is 36.8 Å². The predicted octanol–water partition coefficient (Wildman–Crippen LogP) is 5.11. The quantitative estimate of drug-likeness (QED) is 0.476. The third-order valence-corrected chi connectivity index (χ3v) is 6.42. The van der Waals surface area contributed by atoms with E-state index in [9.17, 15) is 4.79 Å². The van der Waals surface area contributed by atoms with Crippen molar-refractivity contribution in [1.82, 2.24) is 14.9 Å². The largest absolute Gasteiger partial charge is 0.309 e. The summed E-state index contributed by atoms with van der Waals surface area (Å²) >= 11 is 1.54. The smallest absolute Gasteiger partial charge is 0.259 e. The van der Waals surface area contributed by atoms with E-state index in [0.717, 1.165) is 27.4 Å². The molecule has 1 N–H and O–H groups in total. The van der Waals surface area contributed by atoms with Gasteiger partial charge >= 0.3 is 0 Å². The Kier molecular flexibility index (Phi) is 5.75. The van der Waals surface area contributed by atoms with Crippen LogP contribution in [-0.2, 0) is 6.54 Å². The Morgan fingerprint density at radius 1 is 1.17 bits per heavy atom. The lowest BCUT2D eigenvalue weighted by Crippen LogP contribution is -2.28. The molecule has 1 unspecified atom stereocenters. The van der Waals surface area contributed by atoms with Gasteiger partial charge in [-0.1, -0.05) is 49.4 Å². The van der Waals surface area contributed by atoms with E-state index in [1.165, 1.54) is 0 Å². The Balaban J connectivity index is 1.61. The van der Waals surface area contributed by atoms with E-state index in [2.05, 4.69) is 29.8 Å². The van der Waals surface area contributed by atoms with Gasteiger partial charge in [0.2, 0.25) is 0 Å². The van der Waals surface area contributed by atoms with Gasteiger partial charge in [0, 0.05) is 10.9 Å². The maximum Gasteiger partial charge on any atom is 0.259 e. The van der Waals surface area contributed by atoms with E-state index in [4.69, 9.17) is 10.2 Å². The van der Waals surface area contributed by atoms with Crippen molar-refractivity contribution in [2.75, 3.05) is 6.54 Å². The number of thiophene rings is 1. The van der Waals surface area contributed by atoms with Crippen LogP contribution in [0.4, 0.5) is 0 Å². The first kappa shape index (κ1) is 20.0. The number of fused-ring (bicyclic) bond motifs is 1. The zero-order valence-electron chi connectivity index (χ0n) is 16.9. The first-order valence-corrected chi connectivity index (χ1v) is 10.7. The van der Waals surface area contributed by atoms with Crippen LogP contribution in [0.3, 0.4) is 0 Å². The molecule has 6 heteroatoms. The molecule has 4 aromatic rings. The highest BCUT2D eigenvalue weighted by molar-refractivity contribution is 7.21. The highest BCUT2D eigenvalue weighted by atomic mass is 32.1. The van der Waals surface area contributed by atoms with Crippen LogP contribution in [0.25, 0.3) is 20.7 Å². The average Bonchev–Trinajstić information content (AvgIpc) is 3.22. The molecule has 5 nitrogen and oxygen atoms in total. The zero-order valence-corrected chi connectivity index (χ0v) is 17.7. The number of nitriles is 1. The van der Waals surface area contributed by atoms with Crippen molar-refractivity contribution in [3.63, 3.8) is 0 Å². The molecule has 4 rings (SSSR count). The second kappa shape index (κ2) is 8.62. The number of rotatable bonds is 6. The number of nitrogens with one attached hydrogen (secondary N) is 1. The van der Waals surface area contributed by atoms with Gasteiger partial charge in [0.15, 0.2) is 0 Å². The summed E-state index contributed by atoms with van der Waals surface area (Å²) in [6, 6.07) is 21.9. The fourth-order valence-electron chi connectivity index (χ4n) is 3.56. The molecule has 2 aromatic heterocycles. The van der Waals surface area contributed by atoms with Crippen LogP contribution in [0.15, 0.2) is 65.5 Å². The minimum Gasteiger partial charge on any atom is -0.309 e. The SMILES string of the molecule is CCN(Cc1nc2sc(-c3ccccc3)cc2c(=O)[nH]1)C(C)c1ccc(C#N)cc1. The van der Waals surface area contributed by atoms with Gasteiger partial charge < -0.3 is 4.98 Å². The summed E-state index contributed by atoms with van der Waals surface area (Å²) in [6.07, 6.45) is 0. The van der Waals surface area contributed by atoms with E-state index in [0.29, 0.717) is 23.3 Å². The number of benzene rings is 2. The summed E-state index contributed by atoms with van der Waals surface area (Å²) in [5.41, 5.74) is 2.76. The Labute approximate surface area is 179 Å². The topological polar surface area (TPSA) is 72.8 Å². The third kappa shape index (κ3) is 4.04. The molecular formula is C24H22N4OS. The van der Waals surface area contributed by atoms with E-state index in [-0.39, 0.29) is 11.6 Å². The van der Waals surface area contributed by atoms with Crippen molar-refractivity contribution in [3.8, 4) is 16.5 Å². The van der Waals surface area contributed by atoms with Gasteiger partial charge in [0.05, 0.1) is 23.6 Å². The summed E-state index contributed by atoms with van der Waals surface area (Å²) in [5, 5.41) is 9.63. The predicted molar refractivity (Wildman–Crippen MR) is 121 cm³/mol. The van der Waals surface area contributed by atoms with E-state index >= 15 is 0 Å². The van der Waals surface area contributed by atoms with Gasteiger partial charge in [-0.2, -0.15) is 5.26 Å². The number of nitrogens with zero attached hydrogens (tertiary/aromatic N) is 3. The number of hydrogen-bond acceptors (Lipinski definition) is 5. The van der Waals surface area contributed by atoms with Gasteiger partial charge in [-0.15, -0.1) is 11.3 Å². The first-order valence-electron chi connectivity index (χ1n) is 9.91. The Morgan fingerprint density at radius 3 is 2.57 bits per heavy atom. The average molecular weight is 415 g/mol. The normalized spacial score (nSPS) is 12.2. The Bertz CT molecular complexity index is 1250. The fraction of sp³-hybridized carbons (Fsp3) is 0.208. The summed E-state index contributed by atoms with van der Waals surface area (Å²) in [7, 11) is 0. The van der Waals surface area contributed by atoms with Crippen LogP contribution in [0, 0.1) is 11.3 Å². The minimum atomic E-state index is -0.101. The first-order chi connectivity index (χ1) is 14.6. The maximum absolute atomic E-state index is 12.7. The molecule has 0 saturated carbocycles. The molecule has 150 valence electrons. The molecule has 0 aliphatic rings. The molecule has 0 bridgehead atoms. The molecular weight excluding hydrogens is 392 g/mol. The molecule has 30 heavy (non-hydrogen) atoms. The molecule has 1 atom stereocenters. The number of hydrogen-bond donors (Lipinski definition) is 1. The zero-order chi connectivity index (χ0) is 21.1. The lowest BCUT2D eigenvalue weighted by molar-refractivity contribution is 0.207. The minimum absolute atomic E-state index is 0.101. The van der Waals surface area contributed by atoms with Crippen molar-refractivity contribution in [2.24, 2.45) is 0 Å². The van der Waals surface area contributed by atoms with E-state index in [1.54, 1.807) is 11.3 Å². The second-order valence-electron chi connectivity index (χ2n) is 7.18. The lowest BCUT2D eigenvalue weighted by atomic mass is 10.0. The van der Waals surface area contributed by atoms with Crippen LogP contribution in [0.5, 0.6) is 0 Å². The highest BCUT2D eigenvalue weighted by Gasteiger charge is 2.17. The van der Waals surface area contributed by atoms with Crippen LogP contribution < -0.4 is 5.56 Å². The molecule has 0 aliphatic carbocycles. The van der Waals surface area contributed by atoms with E-state index in [1.807, 2.05) is 60.7 Å². The molecule has 0 radical (unpaired) electrons. The van der Waals surface area contributed by atoms with Gasteiger partial charge in [-0.05, 0) is 42.8 Å². The summed E-state index contributed by atoms with van der Waals surface area (Å²) in [6.45, 7) is 5.57. The number of aromatic amines is 1. The van der Waals surface area contributed by atoms with E-state index < -0.39 is 0 Å². The van der Waals surface area contributed by atoms with Gasteiger partial charge in [0.25, 0.3) is 5.56 Å². The molecule has 0 saturated heterocycles. The molecule has 0 aliphatic heterocycles. The van der Waals surface area contributed by atoms with Crippen LogP contribution >= 0.6 is 11.3 Å². The molecule has 0 amide bonds. The van der Waals surface area contributed by atoms with Crippen molar-refractivity contribution in [2.45, 2.75) is 26.4 Å². The van der Waals surface area contributed by atoms with Crippen molar-refractivity contribution in [1.29, 1.82) is 5.26 Å². The molecule has 0 fully saturated rings. The molecule has 2 aromatic carbocycles. The molecule has 2 heterocycles. The summed E-state index contributed by atoms with van der Waals surface area (Å²) in [4.78, 5) is 24.4. The number of H-pyrrole nitrogens is 1. The van der Waals surface area contributed by atoms with Gasteiger partial charge in [-0.3, -0.25) is 9.69 Å². The van der Waals surface area contributed by atoms with Gasteiger partial charge in [-0.25, -0.2) is 4.98 Å². The monoisotopic (exact) mass is 414 g/mol. The molecule has 0 spiro atoms. The number of aromatic nitrogens is 2. The third-order valence-electron chi connectivity index (χ3n) is 5.34. The van der Waals surface area contributed by atoms with Crippen molar-refractivity contribution in [3.05, 3.63) is 88.0 Å². The van der Waals surface area contributed by atoms with Gasteiger partial charge in [0.1, 0.15) is 10.7 Å². The van der Waals surface area contributed by atoms with Crippen LogP contribution in [0.2, 0.25) is 0 Å². The van der Waals surface area contributed by atoms with Crippen molar-refractivity contribution >= 4 is 21.6 Å². The second-order valence-corrected chi connectivity index (χ2v) is 8.21. The standard InChI is InChI=1S/C24H22N4OS/c1-3-28(16(2)18-11-9-17(14-25)10-12-18)15-22-26-23(29)20-13-21(30-24(20)27-22)19-7-5-4-6-8-19/h4-13,16H,3,15H2,1-2H3,(H,26,27,29). The summed E-state index contributed by atoms with van der Waals surface area (Å²) < 4.78 is 0. The Morgan fingerprint density at radius 2 is 1.90 bits per heavy atom. The Hall–Kier alpha value is -3.27. The fourth-order valence-corrected chi connectivity index (χ4v) is 4.61.